The van der Waals surface area contributed by atoms with Gasteiger partial charge in [0.1, 0.15) is 0 Å². The van der Waals surface area contributed by atoms with Crippen LogP contribution < -0.4 is 5.32 Å². The molecular formula is C15H30N2O. The van der Waals surface area contributed by atoms with Crippen LogP contribution in [0.2, 0.25) is 0 Å². The summed E-state index contributed by atoms with van der Waals surface area (Å²) in [6.45, 7) is 9.77. The third kappa shape index (κ3) is 5.38. The van der Waals surface area contributed by atoms with E-state index in [0.29, 0.717) is 12.1 Å². The first kappa shape index (κ1) is 15.5. The van der Waals surface area contributed by atoms with E-state index >= 15 is 0 Å². The molecule has 0 saturated heterocycles. The third-order valence-electron chi connectivity index (χ3n) is 3.71. The monoisotopic (exact) mass is 254 g/mol. The number of nitrogens with zero attached hydrogens (tertiary/aromatic N) is 1. The quantitative estimate of drug-likeness (QED) is 0.739. The molecule has 1 fully saturated rings. The van der Waals surface area contributed by atoms with E-state index < -0.39 is 0 Å². The number of rotatable bonds is 6. The van der Waals surface area contributed by atoms with Crippen LogP contribution in [0, 0.1) is 0 Å². The van der Waals surface area contributed by atoms with Crippen LogP contribution >= 0.6 is 0 Å². The summed E-state index contributed by atoms with van der Waals surface area (Å²) in [5.41, 5.74) is 0.198. The van der Waals surface area contributed by atoms with Gasteiger partial charge in [0.2, 0.25) is 6.41 Å². The number of hydrogen-bond donors (Lipinski definition) is 1. The van der Waals surface area contributed by atoms with E-state index in [4.69, 9.17) is 0 Å². The Bertz CT molecular complexity index is 239. The van der Waals surface area contributed by atoms with Gasteiger partial charge in [-0.05, 0) is 52.9 Å². The van der Waals surface area contributed by atoms with Gasteiger partial charge in [-0.1, -0.05) is 13.3 Å². The molecule has 0 radical (unpaired) electrons. The maximum absolute atomic E-state index is 11.1. The summed E-state index contributed by atoms with van der Waals surface area (Å²) in [5.74, 6) is 0. The highest BCUT2D eigenvalue weighted by molar-refractivity contribution is 5.47. The summed E-state index contributed by atoms with van der Waals surface area (Å²) in [6.07, 6.45) is 8.02. The van der Waals surface area contributed by atoms with E-state index in [0.717, 1.165) is 38.6 Å². The van der Waals surface area contributed by atoms with Crippen molar-refractivity contribution in [2.24, 2.45) is 0 Å². The summed E-state index contributed by atoms with van der Waals surface area (Å²) in [7, 11) is 0. The highest BCUT2D eigenvalue weighted by Crippen LogP contribution is 2.24. The summed E-state index contributed by atoms with van der Waals surface area (Å²) < 4.78 is 0. The molecule has 1 saturated carbocycles. The van der Waals surface area contributed by atoms with Crippen molar-refractivity contribution in [2.75, 3.05) is 6.54 Å². The molecule has 1 N–H and O–H groups in total. The lowest BCUT2D eigenvalue weighted by Gasteiger charge is -2.37. The normalized spacial score (nSPS) is 24.9. The molecule has 0 spiro atoms. The smallest absolute Gasteiger partial charge is 0.209 e. The van der Waals surface area contributed by atoms with E-state index in [1.54, 1.807) is 0 Å². The second-order valence-corrected chi connectivity index (χ2v) is 6.60. The van der Waals surface area contributed by atoms with Crippen LogP contribution in [0.1, 0.15) is 66.2 Å². The zero-order valence-electron chi connectivity index (χ0n) is 12.5. The molecule has 3 heteroatoms. The Morgan fingerprint density at radius 3 is 2.28 bits per heavy atom. The summed E-state index contributed by atoms with van der Waals surface area (Å²) in [6, 6.07) is 1.10. The lowest BCUT2D eigenvalue weighted by Crippen LogP contribution is -2.48. The van der Waals surface area contributed by atoms with Gasteiger partial charge in [0.05, 0.1) is 0 Å². The van der Waals surface area contributed by atoms with Crippen molar-refractivity contribution in [1.29, 1.82) is 0 Å². The largest absolute Gasteiger partial charge is 0.342 e. The Kier molecular flexibility index (Phi) is 6.13. The number of amides is 1. The maximum Gasteiger partial charge on any atom is 0.209 e. The molecular weight excluding hydrogens is 224 g/mol. The molecule has 1 aliphatic carbocycles. The minimum absolute atomic E-state index is 0.198. The van der Waals surface area contributed by atoms with Crippen molar-refractivity contribution >= 4 is 6.41 Å². The van der Waals surface area contributed by atoms with Gasteiger partial charge in [-0.15, -0.1) is 0 Å². The van der Waals surface area contributed by atoms with Gasteiger partial charge in [-0.3, -0.25) is 4.79 Å². The zero-order chi connectivity index (χ0) is 13.6. The zero-order valence-corrected chi connectivity index (χ0v) is 12.5. The van der Waals surface area contributed by atoms with Crippen molar-refractivity contribution in [1.82, 2.24) is 10.2 Å². The molecule has 0 aromatic heterocycles. The number of carbonyl (C=O) groups excluding carboxylic acids is 1. The molecule has 1 amide bonds. The van der Waals surface area contributed by atoms with E-state index in [1.807, 2.05) is 4.90 Å². The average molecular weight is 254 g/mol. The second kappa shape index (κ2) is 7.13. The molecule has 0 heterocycles. The van der Waals surface area contributed by atoms with Gasteiger partial charge in [-0.2, -0.15) is 0 Å². The predicted molar refractivity (Wildman–Crippen MR) is 76.6 cm³/mol. The number of unbranched alkanes of at least 4 members (excludes halogenated alkanes) is 1. The third-order valence-corrected chi connectivity index (χ3v) is 3.71. The molecule has 18 heavy (non-hydrogen) atoms. The van der Waals surface area contributed by atoms with Gasteiger partial charge < -0.3 is 10.2 Å². The lowest BCUT2D eigenvalue weighted by molar-refractivity contribution is -0.121. The highest BCUT2D eigenvalue weighted by Gasteiger charge is 2.26. The molecule has 0 atom stereocenters. The van der Waals surface area contributed by atoms with Crippen LogP contribution in [-0.4, -0.2) is 35.5 Å². The molecule has 1 rings (SSSR count). The van der Waals surface area contributed by atoms with Crippen molar-refractivity contribution in [3.05, 3.63) is 0 Å². The first-order chi connectivity index (χ1) is 8.46. The molecule has 3 nitrogen and oxygen atoms in total. The fraction of sp³-hybridized carbons (Fsp3) is 0.933. The molecule has 1 aliphatic rings. The van der Waals surface area contributed by atoms with E-state index in [9.17, 15) is 4.79 Å². The fourth-order valence-corrected chi connectivity index (χ4v) is 2.83. The number of nitrogens with one attached hydrogen (secondary N) is 1. The van der Waals surface area contributed by atoms with Crippen molar-refractivity contribution in [3.8, 4) is 0 Å². The highest BCUT2D eigenvalue weighted by atomic mass is 16.1. The minimum atomic E-state index is 0.198. The molecule has 0 aromatic carbocycles. The standard InChI is InChI=1S/C15H30N2O/c1-5-6-11-17(12-18)14-9-7-13(8-10-14)16-15(2,3)4/h12-14,16H,5-11H2,1-4H3/t13-,14+. The Morgan fingerprint density at radius 2 is 1.83 bits per heavy atom. The van der Waals surface area contributed by atoms with E-state index in [1.165, 1.54) is 12.8 Å². The average Bonchev–Trinajstić information content (AvgIpc) is 2.30. The van der Waals surface area contributed by atoms with Crippen molar-refractivity contribution in [3.63, 3.8) is 0 Å². The van der Waals surface area contributed by atoms with Gasteiger partial charge in [0.25, 0.3) is 0 Å². The molecule has 106 valence electrons. The minimum Gasteiger partial charge on any atom is -0.342 e. The molecule has 0 aliphatic heterocycles. The first-order valence-electron chi connectivity index (χ1n) is 7.45. The van der Waals surface area contributed by atoms with Gasteiger partial charge in [0.15, 0.2) is 0 Å². The van der Waals surface area contributed by atoms with E-state index in [-0.39, 0.29) is 5.54 Å². The van der Waals surface area contributed by atoms with Crippen LogP contribution in [0.5, 0.6) is 0 Å². The van der Waals surface area contributed by atoms with Gasteiger partial charge in [-0.25, -0.2) is 0 Å². The van der Waals surface area contributed by atoms with Crippen LogP contribution in [0.4, 0.5) is 0 Å². The fourth-order valence-electron chi connectivity index (χ4n) is 2.83. The Hall–Kier alpha value is -0.570. The summed E-state index contributed by atoms with van der Waals surface area (Å²) in [5, 5.41) is 3.67. The molecule has 0 aromatic rings. The summed E-state index contributed by atoms with van der Waals surface area (Å²) >= 11 is 0. The molecule has 0 bridgehead atoms. The van der Waals surface area contributed by atoms with Crippen LogP contribution in [0.15, 0.2) is 0 Å². The topological polar surface area (TPSA) is 32.3 Å². The van der Waals surface area contributed by atoms with E-state index in [2.05, 4.69) is 33.0 Å². The Balaban J connectivity index is 2.35. The van der Waals surface area contributed by atoms with Crippen LogP contribution in [0.25, 0.3) is 0 Å². The van der Waals surface area contributed by atoms with Gasteiger partial charge >= 0.3 is 0 Å². The van der Waals surface area contributed by atoms with Crippen LogP contribution in [-0.2, 0) is 4.79 Å². The Morgan fingerprint density at radius 1 is 1.22 bits per heavy atom. The predicted octanol–water partition coefficient (Wildman–Crippen LogP) is 2.94. The first-order valence-corrected chi connectivity index (χ1v) is 7.45. The lowest BCUT2D eigenvalue weighted by atomic mass is 9.89. The number of carbonyl (C=O) groups is 1. The maximum atomic E-state index is 11.1. The van der Waals surface area contributed by atoms with Crippen LogP contribution in [0.3, 0.4) is 0 Å². The van der Waals surface area contributed by atoms with Gasteiger partial charge in [0, 0.05) is 24.2 Å². The SMILES string of the molecule is CCCCN(C=O)[C@H]1CC[C@@H](NC(C)(C)C)CC1. The Labute approximate surface area is 112 Å². The number of hydrogen-bond acceptors (Lipinski definition) is 2. The second-order valence-electron chi connectivity index (χ2n) is 6.60. The van der Waals surface area contributed by atoms with Crippen molar-refractivity contribution < 1.29 is 4.79 Å². The van der Waals surface area contributed by atoms with Crippen molar-refractivity contribution in [2.45, 2.75) is 83.8 Å². The summed E-state index contributed by atoms with van der Waals surface area (Å²) in [4.78, 5) is 13.2. The molecule has 0 unspecified atom stereocenters.